The molecule has 0 bridgehead atoms. The second kappa shape index (κ2) is 12.8. The quantitative estimate of drug-likeness (QED) is 0.191. The van der Waals surface area contributed by atoms with Crippen molar-refractivity contribution in [2.75, 3.05) is 44.5 Å². The van der Waals surface area contributed by atoms with Gasteiger partial charge in [0.25, 0.3) is 11.8 Å². The Balaban J connectivity index is 1.74. The monoisotopic (exact) mass is 553 g/mol. The van der Waals surface area contributed by atoms with Gasteiger partial charge in [-0.1, -0.05) is 12.1 Å². The highest BCUT2D eigenvalue weighted by Gasteiger charge is 2.17. The minimum Gasteiger partial charge on any atom is -0.497 e. The zero-order chi connectivity index (χ0) is 26.1. The van der Waals surface area contributed by atoms with Gasteiger partial charge in [-0.2, -0.15) is 0 Å². The van der Waals surface area contributed by atoms with Crippen LogP contribution in [0, 0.1) is 5.41 Å². The average Bonchev–Trinajstić information content (AvgIpc) is 2.89. The Morgan fingerprint density at radius 1 is 1.03 bits per heavy atom. The largest absolute Gasteiger partial charge is 0.497 e. The second-order valence-electron chi connectivity index (χ2n) is 7.73. The van der Waals surface area contributed by atoms with E-state index in [0.29, 0.717) is 54.0 Å². The number of hydrogen-bond donors (Lipinski definition) is 3. The van der Waals surface area contributed by atoms with Gasteiger partial charge in [-0.05, 0) is 65.3 Å². The standard InChI is InChI=1S/C26H28BrN5O4/c1-4-36-14-13-32(2)24(28)17-5-7-18(8-6-17)25(33)30-22-11-10-20(35-3)15-21(22)26(34)31-23-12-9-19(27)16-29-23/h5-12,15-16,28H,4,13-14H2,1-3H3,(H,30,33)(H,29,31,34). The smallest absolute Gasteiger partial charge is 0.259 e. The van der Waals surface area contributed by atoms with Crippen molar-refractivity contribution in [3.05, 3.63) is 82.0 Å². The molecule has 3 rings (SSSR count). The number of aromatic nitrogens is 1. The van der Waals surface area contributed by atoms with Gasteiger partial charge in [-0.15, -0.1) is 0 Å². The number of ether oxygens (including phenoxy) is 2. The van der Waals surface area contributed by atoms with E-state index in [-0.39, 0.29) is 5.56 Å². The van der Waals surface area contributed by atoms with E-state index >= 15 is 0 Å². The Labute approximate surface area is 218 Å². The van der Waals surface area contributed by atoms with Gasteiger partial charge >= 0.3 is 0 Å². The number of methoxy groups -OCH3 is 1. The maximum atomic E-state index is 13.0. The van der Waals surface area contributed by atoms with Crippen LogP contribution >= 0.6 is 15.9 Å². The van der Waals surface area contributed by atoms with Crippen LogP contribution in [0.1, 0.15) is 33.2 Å². The Hall–Kier alpha value is -3.76. The predicted octanol–water partition coefficient (Wildman–Crippen LogP) is 4.65. The fraction of sp³-hybridized carbons (Fsp3) is 0.231. The number of pyridine rings is 1. The Bertz CT molecular complexity index is 1220. The number of nitrogens with one attached hydrogen (secondary N) is 3. The molecule has 10 heteroatoms. The number of nitrogens with zero attached hydrogens (tertiary/aromatic N) is 2. The van der Waals surface area contributed by atoms with E-state index in [0.717, 1.165) is 4.47 Å². The summed E-state index contributed by atoms with van der Waals surface area (Å²) in [6.45, 7) is 3.68. The summed E-state index contributed by atoms with van der Waals surface area (Å²) in [5.74, 6) is 0.333. The molecule has 0 aliphatic rings. The number of hydrogen-bond acceptors (Lipinski definition) is 6. The molecule has 0 atom stereocenters. The number of carbonyl (C=O) groups excluding carboxylic acids is 2. The zero-order valence-electron chi connectivity index (χ0n) is 20.3. The first kappa shape index (κ1) is 26.8. The number of amidine groups is 1. The first-order valence-electron chi connectivity index (χ1n) is 11.2. The molecular formula is C26H28BrN5O4. The third kappa shape index (κ3) is 7.12. The maximum Gasteiger partial charge on any atom is 0.259 e. The van der Waals surface area contributed by atoms with Gasteiger partial charge in [0.2, 0.25) is 0 Å². The molecule has 0 aliphatic heterocycles. The molecule has 36 heavy (non-hydrogen) atoms. The predicted molar refractivity (Wildman–Crippen MR) is 143 cm³/mol. The van der Waals surface area contributed by atoms with E-state index in [1.165, 1.54) is 7.11 Å². The first-order valence-corrected chi connectivity index (χ1v) is 12.0. The van der Waals surface area contributed by atoms with Gasteiger partial charge in [0.05, 0.1) is 25.0 Å². The molecule has 0 saturated carbocycles. The molecule has 188 valence electrons. The minimum atomic E-state index is -0.446. The molecular weight excluding hydrogens is 526 g/mol. The number of benzene rings is 2. The van der Waals surface area contributed by atoms with Crippen molar-refractivity contribution in [3.63, 3.8) is 0 Å². The number of likely N-dealkylation sites (N-methyl/N-ethyl adjacent to an activating group) is 1. The topological polar surface area (TPSA) is 117 Å². The highest BCUT2D eigenvalue weighted by molar-refractivity contribution is 9.10. The lowest BCUT2D eigenvalue weighted by atomic mass is 10.1. The van der Waals surface area contributed by atoms with Crippen LogP contribution in [0.15, 0.2) is 65.3 Å². The molecule has 3 aromatic rings. The van der Waals surface area contributed by atoms with Crippen LogP contribution in [-0.4, -0.2) is 61.4 Å². The summed E-state index contributed by atoms with van der Waals surface area (Å²) >= 11 is 3.31. The van der Waals surface area contributed by atoms with Gasteiger partial charge in [0.15, 0.2) is 0 Å². The molecule has 2 aromatic carbocycles. The van der Waals surface area contributed by atoms with Crippen molar-refractivity contribution in [1.29, 1.82) is 5.41 Å². The third-order valence-electron chi connectivity index (χ3n) is 5.27. The summed E-state index contributed by atoms with van der Waals surface area (Å²) in [6, 6.07) is 15.0. The lowest BCUT2D eigenvalue weighted by Gasteiger charge is -2.20. The minimum absolute atomic E-state index is 0.224. The van der Waals surface area contributed by atoms with Crippen molar-refractivity contribution in [2.24, 2.45) is 0 Å². The molecule has 0 aliphatic carbocycles. The van der Waals surface area contributed by atoms with Crippen molar-refractivity contribution in [3.8, 4) is 5.75 Å². The molecule has 0 saturated heterocycles. The van der Waals surface area contributed by atoms with Gasteiger partial charge < -0.3 is 25.0 Å². The van der Waals surface area contributed by atoms with Crippen LogP contribution < -0.4 is 15.4 Å². The van der Waals surface area contributed by atoms with E-state index in [9.17, 15) is 9.59 Å². The van der Waals surface area contributed by atoms with Crippen molar-refractivity contribution in [2.45, 2.75) is 6.92 Å². The summed E-state index contributed by atoms with van der Waals surface area (Å²) in [5, 5.41) is 13.9. The molecule has 0 unspecified atom stereocenters. The Morgan fingerprint density at radius 2 is 1.75 bits per heavy atom. The van der Waals surface area contributed by atoms with E-state index in [1.54, 1.807) is 65.7 Å². The molecule has 1 heterocycles. The third-order valence-corrected chi connectivity index (χ3v) is 5.74. The van der Waals surface area contributed by atoms with Gasteiger partial charge in [0, 0.05) is 42.0 Å². The second-order valence-corrected chi connectivity index (χ2v) is 8.64. The number of halogens is 1. The molecule has 0 fully saturated rings. The van der Waals surface area contributed by atoms with Crippen LogP contribution in [0.2, 0.25) is 0 Å². The number of amides is 2. The highest BCUT2D eigenvalue weighted by Crippen LogP contribution is 2.24. The average molecular weight is 554 g/mol. The van der Waals surface area contributed by atoms with Crippen LogP contribution in [0.3, 0.4) is 0 Å². The molecule has 1 aromatic heterocycles. The van der Waals surface area contributed by atoms with Crippen molar-refractivity contribution < 1.29 is 19.1 Å². The summed E-state index contributed by atoms with van der Waals surface area (Å²) in [6.07, 6.45) is 1.57. The maximum absolute atomic E-state index is 13.0. The Kier molecular flexibility index (Phi) is 9.54. The zero-order valence-corrected chi connectivity index (χ0v) is 21.9. The fourth-order valence-corrected chi connectivity index (χ4v) is 3.47. The van der Waals surface area contributed by atoms with Crippen LogP contribution in [0.5, 0.6) is 5.75 Å². The Morgan fingerprint density at radius 3 is 2.39 bits per heavy atom. The number of anilines is 2. The number of rotatable bonds is 10. The number of carbonyl (C=O) groups is 2. The van der Waals surface area contributed by atoms with Gasteiger partial charge in [0.1, 0.15) is 17.4 Å². The molecule has 3 N–H and O–H groups in total. The summed E-state index contributed by atoms with van der Waals surface area (Å²) in [4.78, 5) is 31.9. The molecule has 9 nitrogen and oxygen atoms in total. The lowest BCUT2D eigenvalue weighted by molar-refractivity contribution is 0.102. The van der Waals surface area contributed by atoms with Gasteiger partial charge in [-0.25, -0.2) is 4.98 Å². The molecule has 0 radical (unpaired) electrons. The summed E-state index contributed by atoms with van der Waals surface area (Å²) in [5.41, 5.74) is 1.61. The summed E-state index contributed by atoms with van der Waals surface area (Å²) in [7, 11) is 3.32. The van der Waals surface area contributed by atoms with E-state index < -0.39 is 11.8 Å². The first-order chi connectivity index (χ1) is 17.3. The SMILES string of the molecule is CCOCCN(C)C(=N)c1ccc(C(=O)Nc2ccc(OC)cc2C(=O)Nc2ccc(Br)cn2)cc1. The fourth-order valence-electron chi connectivity index (χ4n) is 3.23. The van der Waals surface area contributed by atoms with Crippen molar-refractivity contribution >= 4 is 45.1 Å². The van der Waals surface area contributed by atoms with Gasteiger partial charge in [-0.3, -0.25) is 15.0 Å². The highest BCUT2D eigenvalue weighted by atomic mass is 79.9. The van der Waals surface area contributed by atoms with E-state index in [1.807, 2.05) is 14.0 Å². The van der Waals surface area contributed by atoms with Crippen LogP contribution in [0.25, 0.3) is 0 Å². The molecule has 2 amide bonds. The lowest BCUT2D eigenvalue weighted by Crippen LogP contribution is -2.30. The van der Waals surface area contributed by atoms with E-state index in [2.05, 4.69) is 31.5 Å². The van der Waals surface area contributed by atoms with Crippen LogP contribution in [0.4, 0.5) is 11.5 Å². The van der Waals surface area contributed by atoms with Crippen molar-refractivity contribution in [1.82, 2.24) is 9.88 Å². The molecule has 0 spiro atoms. The van der Waals surface area contributed by atoms with Crippen LogP contribution in [-0.2, 0) is 4.74 Å². The summed E-state index contributed by atoms with van der Waals surface area (Å²) < 4.78 is 11.4. The normalized spacial score (nSPS) is 10.4. The van der Waals surface area contributed by atoms with E-state index in [4.69, 9.17) is 14.9 Å².